The summed E-state index contributed by atoms with van der Waals surface area (Å²) in [6.07, 6.45) is 6.09. The first-order valence-corrected chi connectivity index (χ1v) is 8.56. The summed E-state index contributed by atoms with van der Waals surface area (Å²) in [6, 6.07) is -0.504. The SMILES string of the molecule is CCCCCC(C)N1C(=O)C(CCC)NC(=O)C1C(C)C. The average Bonchev–Trinajstić information content (AvgIpc) is 2.42. The summed E-state index contributed by atoms with van der Waals surface area (Å²) < 4.78 is 0. The van der Waals surface area contributed by atoms with Gasteiger partial charge < -0.3 is 10.2 Å². The van der Waals surface area contributed by atoms with Crippen molar-refractivity contribution >= 4 is 11.8 Å². The van der Waals surface area contributed by atoms with E-state index in [1.807, 2.05) is 25.7 Å². The molecule has 1 saturated heterocycles. The Hall–Kier alpha value is -1.06. The van der Waals surface area contributed by atoms with E-state index in [2.05, 4.69) is 19.2 Å². The molecular formula is C17H32N2O2. The highest BCUT2D eigenvalue weighted by molar-refractivity contribution is 5.97. The molecule has 122 valence electrons. The van der Waals surface area contributed by atoms with Crippen LogP contribution in [0.1, 0.15) is 73.1 Å². The minimum absolute atomic E-state index is 0.0189. The molecule has 0 bridgehead atoms. The maximum atomic E-state index is 12.8. The van der Waals surface area contributed by atoms with Crippen LogP contribution in [0.4, 0.5) is 0 Å². The molecule has 4 heteroatoms. The second kappa shape index (κ2) is 8.40. The van der Waals surface area contributed by atoms with Crippen molar-refractivity contribution in [2.24, 2.45) is 5.92 Å². The zero-order chi connectivity index (χ0) is 16.0. The Bertz CT molecular complexity index is 355. The summed E-state index contributed by atoms with van der Waals surface area (Å²) in [7, 11) is 0. The molecular weight excluding hydrogens is 264 g/mol. The van der Waals surface area contributed by atoms with E-state index in [4.69, 9.17) is 0 Å². The Morgan fingerprint density at radius 1 is 1.10 bits per heavy atom. The Balaban J connectivity index is 2.88. The topological polar surface area (TPSA) is 49.4 Å². The fourth-order valence-electron chi connectivity index (χ4n) is 3.19. The zero-order valence-electron chi connectivity index (χ0n) is 14.3. The molecule has 0 aromatic heterocycles. The predicted molar refractivity (Wildman–Crippen MR) is 85.9 cm³/mol. The van der Waals surface area contributed by atoms with Crippen LogP contribution in [-0.4, -0.2) is 34.8 Å². The summed E-state index contributed by atoms with van der Waals surface area (Å²) in [5, 5.41) is 2.92. The van der Waals surface area contributed by atoms with Crippen LogP contribution < -0.4 is 5.32 Å². The summed E-state index contributed by atoms with van der Waals surface area (Å²) >= 11 is 0. The van der Waals surface area contributed by atoms with Crippen LogP contribution in [-0.2, 0) is 9.59 Å². The number of carbonyl (C=O) groups excluding carboxylic acids is 2. The molecule has 1 N–H and O–H groups in total. The Morgan fingerprint density at radius 3 is 2.29 bits per heavy atom. The third-order valence-corrected chi connectivity index (χ3v) is 4.35. The van der Waals surface area contributed by atoms with Gasteiger partial charge in [0.15, 0.2) is 0 Å². The van der Waals surface area contributed by atoms with Crippen LogP contribution in [0.15, 0.2) is 0 Å². The molecule has 4 nitrogen and oxygen atoms in total. The summed E-state index contributed by atoms with van der Waals surface area (Å²) in [6.45, 7) is 10.3. The molecule has 3 atom stereocenters. The van der Waals surface area contributed by atoms with Crippen LogP contribution in [0.2, 0.25) is 0 Å². The van der Waals surface area contributed by atoms with E-state index in [0.717, 1.165) is 25.7 Å². The van der Waals surface area contributed by atoms with Crippen LogP contribution in [0.5, 0.6) is 0 Å². The lowest BCUT2D eigenvalue weighted by Gasteiger charge is -2.44. The van der Waals surface area contributed by atoms with Gasteiger partial charge in [0.1, 0.15) is 12.1 Å². The van der Waals surface area contributed by atoms with Crippen molar-refractivity contribution in [3.8, 4) is 0 Å². The molecule has 1 rings (SSSR count). The van der Waals surface area contributed by atoms with E-state index in [-0.39, 0.29) is 35.9 Å². The standard InChI is InChI=1S/C17H32N2O2/c1-6-8-9-11-13(5)19-15(12(3)4)16(20)18-14(10-7-2)17(19)21/h12-15H,6-11H2,1-5H3,(H,18,20). The van der Waals surface area contributed by atoms with Crippen molar-refractivity contribution in [3.63, 3.8) is 0 Å². The highest BCUT2D eigenvalue weighted by Gasteiger charge is 2.43. The first-order valence-electron chi connectivity index (χ1n) is 8.56. The fraction of sp³-hybridized carbons (Fsp3) is 0.882. The molecule has 3 unspecified atom stereocenters. The number of hydrogen-bond acceptors (Lipinski definition) is 2. The van der Waals surface area contributed by atoms with E-state index in [1.54, 1.807) is 0 Å². The van der Waals surface area contributed by atoms with E-state index in [9.17, 15) is 9.59 Å². The van der Waals surface area contributed by atoms with Crippen molar-refractivity contribution in [1.29, 1.82) is 0 Å². The first-order chi connectivity index (χ1) is 9.93. The van der Waals surface area contributed by atoms with Crippen molar-refractivity contribution in [3.05, 3.63) is 0 Å². The zero-order valence-corrected chi connectivity index (χ0v) is 14.3. The summed E-state index contributed by atoms with van der Waals surface area (Å²) in [5.74, 6) is 0.273. The van der Waals surface area contributed by atoms with Gasteiger partial charge in [0.2, 0.25) is 11.8 Å². The van der Waals surface area contributed by atoms with Gasteiger partial charge in [-0.05, 0) is 25.7 Å². The Morgan fingerprint density at radius 2 is 1.76 bits per heavy atom. The van der Waals surface area contributed by atoms with Crippen LogP contribution >= 0.6 is 0 Å². The van der Waals surface area contributed by atoms with Gasteiger partial charge in [-0.2, -0.15) is 0 Å². The molecule has 1 aliphatic rings. The summed E-state index contributed by atoms with van der Waals surface area (Å²) in [4.78, 5) is 27.0. The minimum Gasteiger partial charge on any atom is -0.342 e. The van der Waals surface area contributed by atoms with Crippen molar-refractivity contribution in [2.45, 2.75) is 91.3 Å². The number of unbranched alkanes of at least 4 members (excludes halogenated alkanes) is 2. The van der Waals surface area contributed by atoms with E-state index in [0.29, 0.717) is 0 Å². The summed E-state index contributed by atoms with van der Waals surface area (Å²) in [5.41, 5.74) is 0. The minimum atomic E-state index is -0.328. The smallest absolute Gasteiger partial charge is 0.246 e. The highest BCUT2D eigenvalue weighted by atomic mass is 16.2. The van der Waals surface area contributed by atoms with Gasteiger partial charge in [-0.25, -0.2) is 0 Å². The monoisotopic (exact) mass is 296 g/mol. The van der Waals surface area contributed by atoms with E-state index >= 15 is 0 Å². The molecule has 0 aliphatic carbocycles. The molecule has 1 heterocycles. The van der Waals surface area contributed by atoms with Crippen LogP contribution in [0, 0.1) is 5.92 Å². The lowest BCUT2D eigenvalue weighted by Crippen LogP contribution is -2.66. The third kappa shape index (κ3) is 4.45. The number of piperazine rings is 1. The molecule has 0 aromatic rings. The molecule has 0 spiro atoms. The predicted octanol–water partition coefficient (Wildman–Crippen LogP) is 3.11. The normalized spacial score (nSPS) is 24.4. The van der Waals surface area contributed by atoms with E-state index < -0.39 is 0 Å². The van der Waals surface area contributed by atoms with Gasteiger partial charge >= 0.3 is 0 Å². The number of carbonyl (C=O) groups is 2. The largest absolute Gasteiger partial charge is 0.342 e. The Labute approximate surface area is 129 Å². The molecule has 0 radical (unpaired) electrons. The van der Waals surface area contributed by atoms with Gasteiger partial charge in [-0.15, -0.1) is 0 Å². The van der Waals surface area contributed by atoms with Crippen molar-refractivity contribution < 1.29 is 9.59 Å². The molecule has 21 heavy (non-hydrogen) atoms. The second-order valence-corrected chi connectivity index (χ2v) is 6.63. The molecule has 1 fully saturated rings. The van der Waals surface area contributed by atoms with Gasteiger partial charge in [-0.1, -0.05) is 53.4 Å². The fourth-order valence-corrected chi connectivity index (χ4v) is 3.19. The molecule has 2 amide bonds. The van der Waals surface area contributed by atoms with Gasteiger partial charge in [0.25, 0.3) is 0 Å². The van der Waals surface area contributed by atoms with Crippen molar-refractivity contribution in [1.82, 2.24) is 10.2 Å². The van der Waals surface area contributed by atoms with E-state index in [1.165, 1.54) is 12.8 Å². The van der Waals surface area contributed by atoms with Crippen LogP contribution in [0.25, 0.3) is 0 Å². The number of nitrogens with one attached hydrogen (secondary N) is 1. The lowest BCUT2D eigenvalue weighted by atomic mass is 9.93. The molecule has 0 aromatic carbocycles. The van der Waals surface area contributed by atoms with Crippen molar-refractivity contribution in [2.75, 3.05) is 0 Å². The maximum Gasteiger partial charge on any atom is 0.246 e. The highest BCUT2D eigenvalue weighted by Crippen LogP contribution is 2.24. The second-order valence-electron chi connectivity index (χ2n) is 6.63. The number of rotatable bonds is 8. The maximum absolute atomic E-state index is 12.8. The number of hydrogen-bond donors (Lipinski definition) is 1. The molecule has 1 aliphatic heterocycles. The van der Waals surface area contributed by atoms with Gasteiger partial charge in [-0.3, -0.25) is 9.59 Å². The van der Waals surface area contributed by atoms with Gasteiger partial charge in [0, 0.05) is 6.04 Å². The Kier molecular flexibility index (Phi) is 7.20. The van der Waals surface area contributed by atoms with Crippen LogP contribution in [0.3, 0.4) is 0 Å². The lowest BCUT2D eigenvalue weighted by molar-refractivity contribution is -0.154. The van der Waals surface area contributed by atoms with Gasteiger partial charge in [0.05, 0.1) is 0 Å². The average molecular weight is 296 g/mol. The number of nitrogens with zero attached hydrogens (tertiary/aromatic N) is 1. The third-order valence-electron chi connectivity index (χ3n) is 4.35. The quantitative estimate of drug-likeness (QED) is 0.700. The first kappa shape index (κ1) is 18.0. The number of amides is 2. The molecule has 0 saturated carbocycles.